The van der Waals surface area contributed by atoms with Gasteiger partial charge in [0, 0.05) is 12.0 Å². The molecule has 0 atom stereocenters. The van der Waals surface area contributed by atoms with Crippen molar-refractivity contribution in [1.29, 1.82) is 0 Å². The zero-order chi connectivity index (χ0) is 15.5. The van der Waals surface area contributed by atoms with Gasteiger partial charge in [-0.15, -0.1) is 0 Å². The van der Waals surface area contributed by atoms with Gasteiger partial charge in [0.1, 0.15) is 0 Å². The van der Waals surface area contributed by atoms with E-state index in [0.29, 0.717) is 12.3 Å². The maximum atomic E-state index is 12.2. The van der Waals surface area contributed by atoms with Gasteiger partial charge in [-0.2, -0.15) is 0 Å². The van der Waals surface area contributed by atoms with E-state index in [1.807, 2.05) is 0 Å². The second kappa shape index (κ2) is 6.28. The van der Waals surface area contributed by atoms with Crippen molar-refractivity contribution in [1.82, 2.24) is 5.32 Å². The molecule has 0 aromatic heterocycles. The predicted octanol–water partition coefficient (Wildman–Crippen LogP) is 4.78. The van der Waals surface area contributed by atoms with Crippen LogP contribution in [0.5, 0.6) is 0 Å². The van der Waals surface area contributed by atoms with Crippen molar-refractivity contribution in [2.45, 2.75) is 87.1 Å². The van der Waals surface area contributed by atoms with Crippen LogP contribution in [-0.2, 0) is 4.79 Å². The number of hydrogen-bond acceptors (Lipinski definition) is 1. The molecule has 0 radical (unpaired) electrons. The Bertz CT molecular complexity index is 295. The van der Waals surface area contributed by atoms with Gasteiger partial charge in [-0.1, -0.05) is 48.5 Å². The zero-order valence-corrected chi connectivity index (χ0v) is 14.6. The monoisotopic (exact) mass is 269 g/mol. The van der Waals surface area contributed by atoms with Crippen LogP contribution in [0.2, 0.25) is 0 Å². The number of nitrogens with one attached hydrogen (secondary N) is 1. The minimum absolute atomic E-state index is 0.0518. The van der Waals surface area contributed by atoms with Crippen molar-refractivity contribution in [3.05, 3.63) is 0 Å². The third-order valence-electron chi connectivity index (χ3n) is 3.04. The van der Waals surface area contributed by atoms with Crippen LogP contribution in [0.25, 0.3) is 0 Å². The molecule has 1 amide bonds. The molecule has 114 valence electrons. The Labute approximate surface area is 120 Å². The van der Waals surface area contributed by atoms with E-state index in [9.17, 15) is 4.79 Å². The average Bonchev–Trinajstić information content (AvgIpc) is 1.89. The first-order valence-electron chi connectivity index (χ1n) is 7.53. The number of hydrogen-bond donors (Lipinski definition) is 1. The molecular weight excluding hydrogens is 234 g/mol. The van der Waals surface area contributed by atoms with Crippen molar-refractivity contribution in [2.75, 3.05) is 0 Å². The smallest absolute Gasteiger partial charge is 0.220 e. The Kier molecular flexibility index (Phi) is 6.10. The van der Waals surface area contributed by atoms with Crippen molar-refractivity contribution in [3.63, 3.8) is 0 Å². The molecule has 0 spiro atoms. The lowest BCUT2D eigenvalue weighted by atomic mass is 9.74. The van der Waals surface area contributed by atoms with Crippen molar-refractivity contribution in [2.24, 2.45) is 16.7 Å². The molecule has 0 unspecified atom stereocenters. The second-order valence-corrected chi connectivity index (χ2v) is 9.11. The van der Waals surface area contributed by atoms with E-state index in [-0.39, 0.29) is 22.3 Å². The molecule has 0 rings (SSSR count). The molecule has 0 saturated carbocycles. The molecule has 2 heteroatoms. The maximum absolute atomic E-state index is 12.2. The van der Waals surface area contributed by atoms with Crippen LogP contribution in [0.15, 0.2) is 0 Å². The standard InChI is InChI=1S/C17H35NO/c1-13(2)10-17(8,9)18-14(19)11-16(6,7)12-15(3,4)5/h13H,10-12H2,1-9H3,(H,18,19). The van der Waals surface area contributed by atoms with Gasteiger partial charge in [0.05, 0.1) is 0 Å². The third-order valence-corrected chi connectivity index (χ3v) is 3.04. The molecule has 2 nitrogen and oxygen atoms in total. The summed E-state index contributed by atoms with van der Waals surface area (Å²) in [5.41, 5.74) is 0.205. The summed E-state index contributed by atoms with van der Waals surface area (Å²) in [6.07, 6.45) is 2.67. The number of carbonyl (C=O) groups excluding carboxylic acids is 1. The van der Waals surface area contributed by atoms with Crippen LogP contribution in [0, 0.1) is 16.7 Å². The SMILES string of the molecule is CC(C)CC(C)(C)NC(=O)CC(C)(C)CC(C)(C)C. The van der Waals surface area contributed by atoms with E-state index >= 15 is 0 Å². The van der Waals surface area contributed by atoms with Gasteiger partial charge in [0.25, 0.3) is 0 Å². The molecule has 0 fully saturated rings. The van der Waals surface area contributed by atoms with Gasteiger partial charge in [-0.05, 0) is 43.4 Å². The van der Waals surface area contributed by atoms with E-state index in [0.717, 1.165) is 12.8 Å². The first-order chi connectivity index (χ1) is 8.22. The summed E-state index contributed by atoms with van der Waals surface area (Å²) in [5, 5.41) is 3.19. The largest absolute Gasteiger partial charge is 0.351 e. The summed E-state index contributed by atoms with van der Waals surface area (Å²) in [6.45, 7) is 19.7. The van der Waals surface area contributed by atoms with Crippen LogP contribution in [0.4, 0.5) is 0 Å². The van der Waals surface area contributed by atoms with Crippen LogP contribution < -0.4 is 5.32 Å². The Hall–Kier alpha value is -0.530. The molecule has 0 aromatic rings. The van der Waals surface area contributed by atoms with Crippen LogP contribution in [0.3, 0.4) is 0 Å². The highest BCUT2D eigenvalue weighted by Gasteiger charge is 2.30. The summed E-state index contributed by atoms with van der Waals surface area (Å²) in [7, 11) is 0. The van der Waals surface area contributed by atoms with Gasteiger partial charge < -0.3 is 5.32 Å². The Balaban J connectivity index is 4.46. The van der Waals surface area contributed by atoms with Gasteiger partial charge in [-0.25, -0.2) is 0 Å². The molecule has 19 heavy (non-hydrogen) atoms. The number of carbonyl (C=O) groups is 1. The third kappa shape index (κ3) is 9.98. The molecule has 0 saturated heterocycles. The van der Waals surface area contributed by atoms with Crippen LogP contribution in [0.1, 0.15) is 81.6 Å². The summed E-state index contributed by atoms with van der Waals surface area (Å²) >= 11 is 0. The van der Waals surface area contributed by atoms with Gasteiger partial charge in [-0.3, -0.25) is 4.79 Å². The summed E-state index contributed by atoms with van der Waals surface area (Å²) < 4.78 is 0. The van der Waals surface area contributed by atoms with Gasteiger partial charge >= 0.3 is 0 Å². The molecule has 0 heterocycles. The summed E-state index contributed by atoms with van der Waals surface area (Å²) in [5.74, 6) is 0.776. The van der Waals surface area contributed by atoms with E-state index in [2.05, 4.69) is 67.6 Å². The predicted molar refractivity (Wildman–Crippen MR) is 84.1 cm³/mol. The minimum Gasteiger partial charge on any atom is -0.351 e. The fraction of sp³-hybridized carbons (Fsp3) is 0.941. The average molecular weight is 269 g/mol. The molecule has 0 aliphatic heterocycles. The molecule has 0 aliphatic rings. The number of rotatable bonds is 6. The van der Waals surface area contributed by atoms with Gasteiger partial charge in [0.15, 0.2) is 0 Å². The fourth-order valence-corrected chi connectivity index (χ4v) is 3.43. The highest BCUT2D eigenvalue weighted by Crippen LogP contribution is 2.35. The molecule has 0 aliphatic carbocycles. The van der Waals surface area contributed by atoms with E-state index < -0.39 is 0 Å². The number of amides is 1. The van der Waals surface area contributed by atoms with Crippen molar-refractivity contribution in [3.8, 4) is 0 Å². The van der Waals surface area contributed by atoms with Crippen LogP contribution >= 0.6 is 0 Å². The first-order valence-corrected chi connectivity index (χ1v) is 7.53. The van der Waals surface area contributed by atoms with Crippen LogP contribution in [-0.4, -0.2) is 11.4 Å². The maximum Gasteiger partial charge on any atom is 0.220 e. The minimum atomic E-state index is -0.108. The van der Waals surface area contributed by atoms with E-state index in [1.54, 1.807) is 0 Å². The topological polar surface area (TPSA) is 29.1 Å². The molecule has 1 N–H and O–H groups in total. The molecular formula is C17H35NO. The lowest BCUT2D eigenvalue weighted by Gasteiger charge is -2.34. The van der Waals surface area contributed by atoms with Crippen molar-refractivity contribution >= 4 is 5.91 Å². The highest BCUT2D eigenvalue weighted by molar-refractivity contribution is 5.77. The zero-order valence-electron chi connectivity index (χ0n) is 14.6. The summed E-state index contributed by atoms with van der Waals surface area (Å²) in [4.78, 5) is 12.2. The normalized spacial score (nSPS) is 13.8. The molecule has 0 bridgehead atoms. The van der Waals surface area contributed by atoms with Gasteiger partial charge in [0.2, 0.25) is 5.91 Å². The lowest BCUT2D eigenvalue weighted by molar-refractivity contribution is -0.125. The summed E-state index contributed by atoms with van der Waals surface area (Å²) in [6, 6.07) is 0. The fourth-order valence-electron chi connectivity index (χ4n) is 3.43. The van der Waals surface area contributed by atoms with E-state index in [4.69, 9.17) is 0 Å². The molecule has 0 aromatic carbocycles. The lowest BCUT2D eigenvalue weighted by Crippen LogP contribution is -2.45. The quantitative estimate of drug-likeness (QED) is 0.738. The van der Waals surface area contributed by atoms with E-state index in [1.165, 1.54) is 0 Å². The second-order valence-electron chi connectivity index (χ2n) is 9.11. The highest BCUT2D eigenvalue weighted by atomic mass is 16.1. The Morgan fingerprint density at radius 1 is 1.00 bits per heavy atom. The Morgan fingerprint density at radius 2 is 1.47 bits per heavy atom. The first kappa shape index (κ1) is 18.5. The van der Waals surface area contributed by atoms with Crippen molar-refractivity contribution < 1.29 is 4.79 Å². The Morgan fingerprint density at radius 3 is 1.84 bits per heavy atom.